The van der Waals surface area contributed by atoms with Crippen molar-refractivity contribution < 1.29 is 23.1 Å². The Bertz CT molecular complexity index is 2820. The predicted octanol–water partition coefficient (Wildman–Crippen LogP) is 8.44. The van der Waals surface area contributed by atoms with Crippen molar-refractivity contribution in [2.45, 2.75) is 117 Å². The number of nitrogens with one attached hydrogen (secondary N) is 1. The third kappa shape index (κ3) is 8.64. The van der Waals surface area contributed by atoms with Gasteiger partial charge in [-0.2, -0.15) is 15.5 Å². The minimum Gasteiger partial charge on any atom is -0.489 e. The van der Waals surface area contributed by atoms with E-state index >= 15 is 0 Å². The Morgan fingerprint density at radius 3 is 2.29 bits per heavy atom. The van der Waals surface area contributed by atoms with E-state index < -0.39 is 17.3 Å². The maximum absolute atomic E-state index is 14.8. The zero-order chi connectivity index (χ0) is 49.2. The summed E-state index contributed by atoms with van der Waals surface area (Å²) in [6.07, 6.45) is 9.90. The molecule has 10 rings (SSSR count). The zero-order valence-electron chi connectivity index (χ0n) is 40.8. The molecule has 15 nitrogen and oxygen atoms in total. The number of aryl methyl sites for hydroxylation is 2. The number of anilines is 3. The summed E-state index contributed by atoms with van der Waals surface area (Å²) in [4.78, 5) is 44.4. The number of piperidine rings is 2. The van der Waals surface area contributed by atoms with Gasteiger partial charge in [-0.15, -0.1) is 0 Å². The topological polar surface area (TPSA) is 154 Å². The van der Waals surface area contributed by atoms with Crippen LogP contribution < -0.4 is 19.9 Å². The number of amides is 2. The molecule has 5 aliphatic rings. The third-order valence-corrected chi connectivity index (χ3v) is 16.1. The number of carbonyl (C=O) groups excluding carboxylic acids is 2. The summed E-state index contributed by atoms with van der Waals surface area (Å²) in [6.45, 7) is 15.1. The van der Waals surface area contributed by atoms with Crippen LogP contribution in [0.1, 0.15) is 117 Å². The molecule has 1 aliphatic carbocycles. The number of hydrogen-bond donors (Lipinski definition) is 1. The molecule has 0 spiro atoms. The number of nitriles is 1. The van der Waals surface area contributed by atoms with E-state index in [4.69, 9.17) is 21.4 Å². The molecular weight excluding hydrogens is 914 g/mol. The van der Waals surface area contributed by atoms with Crippen LogP contribution in [0.3, 0.4) is 0 Å². The van der Waals surface area contributed by atoms with E-state index in [1.165, 1.54) is 0 Å². The van der Waals surface area contributed by atoms with Gasteiger partial charge in [-0.3, -0.25) is 19.0 Å². The number of hydrogen-bond acceptors (Lipinski definition) is 11. The summed E-state index contributed by atoms with van der Waals surface area (Å²) in [7, 11) is 1.79. The average Bonchev–Trinajstić information content (AvgIpc) is 3.97. The number of nitrogens with zero attached hydrogens (tertiary/aromatic N) is 11. The smallest absolute Gasteiger partial charge is 0.264 e. The van der Waals surface area contributed by atoms with Crippen molar-refractivity contribution in [1.82, 2.24) is 44.6 Å². The molecule has 1 saturated carbocycles. The first kappa shape index (κ1) is 47.6. The molecule has 3 aromatic heterocycles. The van der Waals surface area contributed by atoms with Crippen LogP contribution in [-0.2, 0) is 31.2 Å². The van der Waals surface area contributed by atoms with E-state index in [1.54, 1.807) is 67.7 Å². The number of ether oxygens (including phenoxy) is 1. The fourth-order valence-corrected chi connectivity index (χ4v) is 12.6. The Kier molecular flexibility index (Phi) is 12.6. The van der Waals surface area contributed by atoms with Crippen molar-refractivity contribution in [3.05, 3.63) is 93.7 Å². The molecule has 368 valence electrons. The van der Waals surface area contributed by atoms with E-state index in [9.17, 15) is 23.6 Å². The first-order valence-corrected chi connectivity index (χ1v) is 24.9. The molecule has 2 saturated heterocycles. The van der Waals surface area contributed by atoms with E-state index in [0.717, 1.165) is 93.0 Å². The van der Waals surface area contributed by atoms with Gasteiger partial charge in [0.15, 0.2) is 5.82 Å². The first-order chi connectivity index (χ1) is 33.5. The molecule has 0 atom stereocenters. The normalized spacial score (nSPS) is 21.5. The Morgan fingerprint density at radius 1 is 0.929 bits per heavy atom. The molecule has 0 unspecified atom stereocenters. The van der Waals surface area contributed by atoms with Gasteiger partial charge >= 0.3 is 0 Å². The van der Waals surface area contributed by atoms with Gasteiger partial charge in [0.05, 0.1) is 34.9 Å². The quantitative estimate of drug-likeness (QED) is 0.144. The summed E-state index contributed by atoms with van der Waals surface area (Å²) >= 11 is 6.28. The van der Waals surface area contributed by atoms with Crippen LogP contribution in [0.5, 0.6) is 5.75 Å². The van der Waals surface area contributed by atoms with Crippen LogP contribution in [0, 0.1) is 22.2 Å². The summed E-state index contributed by atoms with van der Waals surface area (Å²) in [5, 5.41) is 22.5. The number of halogens is 3. The third-order valence-electron chi connectivity index (χ3n) is 15.8. The lowest BCUT2D eigenvalue weighted by Crippen LogP contribution is -2.74. The standard InChI is InChI=1S/C52H61ClF2N12O3/c1-31(68)65-21-15-43-41(30-65)46(66-16-7-8-32-22-39(35-28-59-62(6)29-35)40(45(54)55)24-44(32)66)61-67(43)37-13-17-63(18-14-37)36-11-19-64(20-12-36)50-57-26-34(27-58-50)47(69)60-48-51(2,3)49(52(48,4)5)70-38-10-9-33(25-56)42(53)23-38/h9-10,22-24,26-29,36-37,45,48-49H,7-8,11-21,30H2,1-6H3,(H,60,69). The fraction of sp³-hybridized carbons (Fsp3) is 0.519. The van der Waals surface area contributed by atoms with Gasteiger partial charge in [0.1, 0.15) is 17.9 Å². The number of alkyl halides is 2. The lowest BCUT2D eigenvalue weighted by atomic mass is 9.49. The molecule has 70 heavy (non-hydrogen) atoms. The lowest BCUT2D eigenvalue weighted by Gasteiger charge is -2.63. The average molecular weight is 976 g/mol. The van der Waals surface area contributed by atoms with Gasteiger partial charge in [-0.25, -0.2) is 18.7 Å². The van der Waals surface area contributed by atoms with Gasteiger partial charge < -0.3 is 29.7 Å². The van der Waals surface area contributed by atoms with Gasteiger partial charge in [0.2, 0.25) is 11.9 Å². The molecule has 3 fully saturated rings. The highest BCUT2D eigenvalue weighted by Gasteiger charge is 2.64. The fourth-order valence-electron chi connectivity index (χ4n) is 12.4. The predicted molar refractivity (Wildman–Crippen MR) is 262 cm³/mol. The SMILES string of the molecule is CC(=O)N1CCc2c(c(N3CCCc4cc(-c5cnn(C)c5)c(C(F)F)cc43)nn2C2CCN(C3CCN(c4ncc(C(=O)NC5C(C)(C)C(Oc6ccc(C#N)c(Cl)c6)C5(C)C)cn4)CC3)CC2)C1. The second-order valence-electron chi connectivity index (χ2n) is 21.0. The zero-order valence-corrected chi connectivity index (χ0v) is 41.5. The van der Waals surface area contributed by atoms with Gasteiger partial charge in [0.25, 0.3) is 12.3 Å². The van der Waals surface area contributed by atoms with Gasteiger partial charge in [0, 0.05) is 135 Å². The minimum absolute atomic E-state index is 0.0168. The highest BCUT2D eigenvalue weighted by atomic mass is 35.5. The number of benzene rings is 2. The summed E-state index contributed by atoms with van der Waals surface area (Å²) in [6, 6.07) is 11.1. The van der Waals surface area contributed by atoms with Crippen LogP contribution in [0.2, 0.25) is 5.02 Å². The van der Waals surface area contributed by atoms with Crippen LogP contribution in [0.15, 0.2) is 55.1 Å². The number of rotatable bonds is 10. The van der Waals surface area contributed by atoms with Crippen LogP contribution >= 0.6 is 11.6 Å². The van der Waals surface area contributed by atoms with Crippen molar-refractivity contribution in [3.63, 3.8) is 0 Å². The van der Waals surface area contributed by atoms with E-state index in [-0.39, 0.29) is 35.6 Å². The summed E-state index contributed by atoms with van der Waals surface area (Å²) in [5.74, 6) is 1.75. The van der Waals surface area contributed by atoms with E-state index in [1.807, 2.05) is 11.0 Å². The van der Waals surface area contributed by atoms with Gasteiger partial charge in [-0.1, -0.05) is 39.3 Å². The first-order valence-electron chi connectivity index (χ1n) is 24.6. The van der Waals surface area contributed by atoms with Crippen LogP contribution in [0.4, 0.5) is 26.2 Å². The minimum atomic E-state index is -2.67. The molecule has 1 N–H and O–H groups in total. The molecule has 0 bridgehead atoms. The Hall–Kier alpha value is -6.12. The van der Waals surface area contributed by atoms with Gasteiger partial charge in [-0.05, 0) is 73.9 Å². The molecule has 7 heterocycles. The Labute approximate surface area is 412 Å². The summed E-state index contributed by atoms with van der Waals surface area (Å²) < 4.78 is 39.8. The monoisotopic (exact) mass is 974 g/mol. The maximum atomic E-state index is 14.8. The number of fused-ring (bicyclic) bond motifs is 2. The molecular formula is C52H61ClF2N12O3. The van der Waals surface area contributed by atoms with Crippen molar-refractivity contribution >= 4 is 40.9 Å². The van der Waals surface area contributed by atoms with E-state index in [0.29, 0.717) is 71.1 Å². The molecule has 18 heteroatoms. The number of carbonyl (C=O) groups is 2. The van der Waals surface area contributed by atoms with Crippen LogP contribution in [-0.4, -0.2) is 109 Å². The van der Waals surface area contributed by atoms with Crippen molar-refractivity contribution in [1.29, 1.82) is 5.26 Å². The van der Waals surface area contributed by atoms with E-state index in [2.05, 4.69) is 73.5 Å². The Morgan fingerprint density at radius 2 is 1.64 bits per heavy atom. The largest absolute Gasteiger partial charge is 0.489 e. The lowest BCUT2D eigenvalue weighted by molar-refractivity contribution is -0.164. The molecule has 2 aromatic carbocycles. The maximum Gasteiger partial charge on any atom is 0.264 e. The second-order valence-corrected chi connectivity index (χ2v) is 21.4. The van der Waals surface area contributed by atoms with Crippen LogP contribution in [0.25, 0.3) is 11.1 Å². The molecule has 4 aliphatic heterocycles. The highest BCUT2D eigenvalue weighted by Crippen LogP contribution is 2.56. The molecule has 5 aromatic rings. The molecule has 2 amide bonds. The second kappa shape index (κ2) is 18.6. The molecule has 0 radical (unpaired) electrons. The number of aromatic nitrogens is 6. The summed E-state index contributed by atoms with van der Waals surface area (Å²) in [5.41, 5.74) is 5.09. The highest BCUT2D eigenvalue weighted by molar-refractivity contribution is 6.31. The van der Waals surface area contributed by atoms with Crippen molar-refractivity contribution in [3.8, 4) is 22.9 Å². The number of likely N-dealkylation sites (tertiary alicyclic amines) is 1. The van der Waals surface area contributed by atoms with Crippen molar-refractivity contribution in [2.75, 3.05) is 49.1 Å². The van der Waals surface area contributed by atoms with Crippen molar-refractivity contribution in [2.24, 2.45) is 17.9 Å². The Balaban J connectivity index is 0.767.